The Morgan fingerprint density at radius 2 is 2.03 bits per heavy atom. The highest BCUT2D eigenvalue weighted by molar-refractivity contribution is 9.10. The van der Waals surface area contributed by atoms with Crippen LogP contribution in [0.5, 0.6) is 11.5 Å². The Morgan fingerprint density at radius 3 is 2.72 bits per heavy atom. The summed E-state index contributed by atoms with van der Waals surface area (Å²) in [7, 11) is 0. The Labute approximate surface area is 185 Å². The average Bonchev–Trinajstić information content (AvgIpc) is 2.94. The van der Waals surface area contributed by atoms with E-state index in [2.05, 4.69) is 15.9 Å². The third-order valence-electron chi connectivity index (χ3n) is 3.78. The molecule has 1 heterocycles. The summed E-state index contributed by atoms with van der Waals surface area (Å²) in [6, 6.07) is 12.4. The predicted molar refractivity (Wildman–Crippen MR) is 121 cm³/mol. The topological polar surface area (TPSA) is 76.1 Å². The molecule has 0 aliphatic carbocycles. The molecular formula is C20H16BrNO5S2. The van der Waals surface area contributed by atoms with E-state index < -0.39 is 12.6 Å². The fourth-order valence-electron chi connectivity index (χ4n) is 2.60. The molecule has 3 rings (SSSR count). The maximum absolute atomic E-state index is 12.9. The molecule has 1 aliphatic rings. The minimum atomic E-state index is -1.08. The Morgan fingerprint density at radius 1 is 1.24 bits per heavy atom. The van der Waals surface area contributed by atoms with Crippen LogP contribution in [0.15, 0.2) is 51.8 Å². The lowest BCUT2D eigenvalue weighted by atomic mass is 10.1. The van der Waals surface area contributed by atoms with Crippen LogP contribution in [0.1, 0.15) is 12.5 Å². The number of rotatable bonds is 7. The molecule has 0 saturated carbocycles. The van der Waals surface area contributed by atoms with Crippen LogP contribution >= 0.6 is 39.9 Å². The van der Waals surface area contributed by atoms with Crippen molar-refractivity contribution >= 4 is 67.9 Å². The van der Waals surface area contributed by atoms with E-state index in [-0.39, 0.29) is 5.91 Å². The Hall–Kier alpha value is -2.36. The number of thioether (sulfide) groups is 1. The molecule has 0 unspecified atom stereocenters. The molecule has 0 atom stereocenters. The maximum atomic E-state index is 12.9. The smallest absolute Gasteiger partial charge is 0.341 e. The second-order valence-corrected chi connectivity index (χ2v) is 8.41. The van der Waals surface area contributed by atoms with Crippen molar-refractivity contribution in [2.24, 2.45) is 0 Å². The molecule has 0 bridgehead atoms. The Bertz CT molecular complexity index is 1010. The zero-order valence-electron chi connectivity index (χ0n) is 15.3. The minimum Gasteiger partial charge on any atom is -0.490 e. The molecule has 9 heteroatoms. The van der Waals surface area contributed by atoms with Gasteiger partial charge in [-0.3, -0.25) is 9.69 Å². The molecule has 1 aliphatic heterocycles. The number of amides is 1. The van der Waals surface area contributed by atoms with Gasteiger partial charge in [-0.05, 0) is 48.9 Å². The summed E-state index contributed by atoms with van der Waals surface area (Å²) < 4.78 is 12.1. The van der Waals surface area contributed by atoms with Crippen molar-refractivity contribution < 1.29 is 24.2 Å². The summed E-state index contributed by atoms with van der Waals surface area (Å²) in [5.74, 6) is -0.548. The number of carboxylic acids is 1. The number of carbonyl (C=O) groups is 2. The summed E-state index contributed by atoms with van der Waals surface area (Å²) in [6.07, 6.45) is 1.72. The number of aliphatic carboxylic acids is 1. The number of nitrogens with zero attached hydrogens (tertiary/aromatic N) is 1. The number of anilines is 1. The zero-order chi connectivity index (χ0) is 21.0. The van der Waals surface area contributed by atoms with Gasteiger partial charge in [-0.25, -0.2) is 4.79 Å². The normalized spacial score (nSPS) is 15.1. The number of hydrogen-bond acceptors (Lipinski definition) is 6. The van der Waals surface area contributed by atoms with E-state index in [4.69, 9.17) is 26.8 Å². The van der Waals surface area contributed by atoms with Gasteiger partial charge in [-0.2, -0.15) is 0 Å². The van der Waals surface area contributed by atoms with Crippen LogP contribution in [-0.2, 0) is 9.59 Å². The predicted octanol–water partition coefficient (Wildman–Crippen LogP) is 4.72. The molecule has 1 amide bonds. The van der Waals surface area contributed by atoms with Gasteiger partial charge in [0.1, 0.15) is 0 Å². The van der Waals surface area contributed by atoms with Gasteiger partial charge in [0.05, 0.1) is 17.2 Å². The van der Waals surface area contributed by atoms with Gasteiger partial charge < -0.3 is 14.6 Å². The quantitative estimate of drug-likeness (QED) is 0.441. The first kappa shape index (κ1) is 21.4. The highest BCUT2D eigenvalue weighted by Crippen LogP contribution is 2.37. The molecule has 2 aromatic rings. The van der Waals surface area contributed by atoms with Crippen LogP contribution in [-0.4, -0.2) is 34.5 Å². The van der Waals surface area contributed by atoms with Crippen molar-refractivity contribution in [1.82, 2.24) is 0 Å². The van der Waals surface area contributed by atoms with Crippen molar-refractivity contribution in [3.8, 4) is 11.5 Å². The zero-order valence-corrected chi connectivity index (χ0v) is 18.5. The first-order chi connectivity index (χ1) is 13.9. The van der Waals surface area contributed by atoms with Crippen LogP contribution in [0.3, 0.4) is 0 Å². The number of carbonyl (C=O) groups excluding carboxylic acids is 1. The summed E-state index contributed by atoms with van der Waals surface area (Å²) in [5.41, 5.74) is 1.41. The molecular weight excluding hydrogens is 478 g/mol. The molecule has 2 aromatic carbocycles. The molecule has 1 N–H and O–H groups in total. The first-order valence-electron chi connectivity index (χ1n) is 8.54. The fourth-order valence-corrected chi connectivity index (χ4v) is 4.28. The van der Waals surface area contributed by atoms with E-state index in [9.17, 15) is 9.59 Å². The Kier molecular flexibility index (Phi) is 6.94. The van der Waals surface area contributed by atoms with E-state index >= 15 is 0 Å². The van der Waals surface area contributed by atoms with Gasteiger partial charge >= 0.3 is 5.97 Å². The molecule has 1 fully saturated rings. The monoisotopic (exact) mass is 493 g/mol. The third kappa shape index (κ3) is 5.17. The molecule has 1 saturated heterocycles. The molecule has 0 radical (unpaired) electrons. The van der Waals surface area contributed by atoms with Gasteiger partial charge in [-0.15, -0.1) is 0 Å². The van der Waals surface area contributed by atoms with E-state index in [0.717, 1.165) is 4.47 Å². The van der Waals surface area contributed by atoms with Crippen molar-refractivity contribution in [2.75, 3.05) is 18.1 Å². The van der Waals surface area contributed by atoms with Crippen molar-refractivity contribution in [3.63, 3.8) is 0 Å². The Balaban J connectivity index is 1.87. The molecule has 0 aromatic heterocycles. The number of ether oxygens (including phenoxy) is 2. The van der Waals surface area contributed by atoms with Gasteiger partial charge in [-0.1, -0.05) is 52.0 Å². The second-order valence-electron chi connectivity index (χ2n) is 5.82. The summed E-state index contributed by atoms with van der Waals surface area (Å²) in [4.78, 5) is 25.6. The van der Waals surface area contributed by atoms with Crippen LogP contribution in [0.25, 0.3) is 6.08 Å². The number of halogens is 1. The number of thiocarbonyl (C=S) groups is 1. The minimum absolute atomic E-state index is 0.206. The first-order valence-corrected chi connectivity index (χ1v) is 10.6. The van der Waals surface area contributed by atoms with E-state index in [1.807, 2.05) is 31.2 Å². The number of carboxylic acid groups (broad SMARTS) is 1. The standard InChI is InChI=1S/C20H16BrNO5S2/c1-2-26-16-8-12(6-7-15(16)27-11-18(23)24)9-17-19(25)22(20(28)29-17)14-5-3-4-13(21)10-14/h3-10H,2,11H2,1H3,(H,23,24)/b17-9+. The number of benzene rings is 2. The SMILES string of the molecule is CCOc1cc(/C=C2/SC(=S)N(c3cccc(Br)c3)C2=O)ccc1OCC(=O)O. The van der Waals surface area contributed by atoms with Crippen molar-refractivity contribution in [3.05, 3.63) is 57.4 Å². The average molecular weight is 494 g/mol. The van der Waals surface area contributed by atoms with Gasteiger partial charge in [0, 0.05) is 4.47 Å². The fraction of sp³-hybridized carbons (Fsp3) is 0.150. The summed E-state index contributed by atoms with van der Waals surface area (Å²) in [5, 5.41) is 8.79. The molecule has 29 heavy (non-hydrogen) atoms. The van der Waals surface area contributed by atoms with Crippen LogP contribution in [0, 0.1) is 0 Å². The van der Waals surface area contributed by atoms with Gasteiger partial charge in [0.15, 0.2) is 22.4 Å². The van der Waals surface area contributed by atoms with E-state index in [1.54, 1.807) is 24.3 Å². The van der Waals surface area contributed by atoms with Gasteiger partial charge in [0.2, 0.25) is 0 Å². The van der Waals surface area contributed by atoms with Crippen molar-refractivity contribution in [1.29, 1.82) is 0 Å². The lowest BCUT2D eigenvalue weighted by Gasteiger charge is -2.14. The van der Waals surface area contributed by atoms with Crippen LogP contribution in [0.2, 0.25) is 0 Å². The molecule has 6 nitrogen and oxygen atoms in total. The van der Waals surface area contributed by atoms with E-state index in [1.165, 1.54) is 16.7 Å². The summed E-state index contributed by atoms with van der Waals surface area (Å²) >= 11 is 10.0. The molecule has 150 valence electrons. The van der Waals surface area contributed by atoms with Gasteiger partial charge in [0.25, 0.3) is 5.91 Å². The lowest BCUT2D eigenvalue weighted by Crippen LogP contribution is -2.27. The molecule has 0 spiro atoms. The maximum Gasteiger partial charge on any atom is 0.341 e. The van der Waals surface area contributed by atoms with Crippen molar-refractivity contribution in [2.45, 2.75) is 6.92 Å². The highest BCUT2D eigenvalue weighted by Gasteiger charge is 2.33. The highest BCUT2D eigenvalue weighted by atomic mass is 79.9. The number of hydrogen-bond donors (Lipinski definition) is 1. The largest absolute Gasteiger partial charge is 0.490 e. The van der Waals surface area contributed by atoms with Crippen LogP contribution < -0.4 is 14.4 Å². The summed E-state index contributed by atoms with van der Waals surface area (Å²) in [6.45, 7) is 1.74. The second kappa shape index (κ2) is 9.43. The third-order valence-corrected chi connectivity index (χ3v) is 5.57. The van der Waals surface area contributed by atoms with E-state index in [0.29, 0.717) is 38.6 Å². The van der Waals surface area contributed by atoms with Crippen LogP contribution in [0.4, 0.5) is 5.69 Å². The lowest BCUT2D eigenvalue weighted by molar-refractivity contribution is -0.139.